The van der Waals surface area contributed by atoms with Gasteiger partial charge in [0.25, 0.3) is 11.8 Å². The number of piperazine rings is 1. The molecular weight excluding hydrogens is 280 g/mol. The van der Waals surface area contributed by atoms with Gasteiger partial charge >= 0.3 is 0 Å². The van der Waals surface area contributed by atoms with Crippen molar-refractivity contribution in [3.05, 3.63) is 30.1 Å². The Bertz CT molecular complexity index is 757. The molecule has 3 fully saturated rings. The number of likely N-dealkylation sites (N-methyl/N-ethyl adjacent to an activating group) is 1. The van der Waals surface area contributed by atoms with Crippen LogP contribution in [0.2, 0.25) is 0 Å². The van der Waals surface area contributed by atoms with Gasteiger partial charge in [0.15, 0.2) is 11.1 Å². The number of carbonyl (C=O) groups excluding carboxylic acids is 2. The standard InChI is InChI=1S/C16H16N4O2/c1-14(9-17)8-16-13(22)19(3)15(16,2)12(21)20(16)11(14)10-5-4-6-18-7-10/h4-7,11H,8H2,1-3H3/t11-,14+,15?,16+/m1/s1. The Morgan fingerprint density at radius 2 is 2.09 bits per heavy atom. The zero-order valence-corrected chi connectivity index (χ0v) is 12.7. The van der Waals surface area contributed by atoms with E-state index in [1.165, 1.54) is 4.90 Å². The average Bonchev–Trinajstić information content (AvgIpc) is 2.83. The maximum absolute atomic E-state index is 12.8. The minimum absolute atomic E-state index is 0.0672. The number of carbonyl (C=O) groups is 2. The lowest BCUT2D eigenvalue weighted by molar-refractivity contribution is -0.231. The first kappa shape index (κ1) is 13.3. The number of nitrogens with zero attached hydrogens (tertiary/aromatic N) is 4. The average molecular weight is 296 g/mol. The van der Waals surface area contributed by atoms with Crippen molar-refractivity contribution in [3.8, 4) is 6.07 Å². The van der Waals surface area contributed by atoms with E-state index in [9.17, 15) is 14.9 Å². The van der Waals surface area contributed by atoms with Crippen LogP contribution in [0, 0.1) is 16.7 Å². The smallest absolute Gasteiger partial charge is 0.252 e. The van der Waals surface area contributed by atoms with E-state index >= 15 is 0 Å². The van der Waals surface area contributed by atoms with Crippen LogP contribution in [0.3, 0.4) is 0 Å². The Morgan fingerprint density at radius 1 is 1.36 bits per heavy atom. The summed E-state index contributed by atoms with van der Waals surface area (Å²) in [5, 5.41) is 9.73. The fourth-order valence-corrected chi connectivity index (χ4v) is 4.67. The molecule has 1 unspecified atom stereocenters. The molecule has 4 heterocycles. The molecule has 0 bridgehead atoms. The lowest BCUT2D eigenvalue weighted by Gasteiger charge is -2.71. The third-order valence-corrected chi connectivity index (χ3v) is 5.92. The number of likely N-dealkylation sites (tertiary alicyclic amines) is 1. The van der Waals surface area contributed by atoms with E-state index in [2.05, 4.69) is 11.1 Å². The Labute approximate surface area is 128 Å². The van der Waals surface area contributed by atoms with Crippen LogP contribution >= 0.6 is 0 Å². The quantitative estimate of drug-likeness (QED) is 0.720. The highest BCUT2D eigenvalue weighted by Crippen LogP contribution is 2.69. The Hall–Kier alpha value is -2.42. The van der Waals surface area contributed by atoms with Crippen molar-refractivity contribution in [2.75, 3.05) is 7.05 Å². The van der Waals surface area contributed by atoms with Crippen molar-refractivity contribution in [1.82, 2.24) is 14.8 Å². The number of nitriles is 1. The van der Waals surface area contributed by atoms with Gasteiger partial charge in [-0.1, -0.05) is 6.07 Å². The molecule has 3 aliphatic heterocycles. The van der Waals surface area contributed by atoms with Crippen LogP contribution in [-0.2, 0) is 9.59 Å². The Kier molecular flexibility index (Phi) is 2.10. The van der Waals surface area contributed by atoms with Crippen LogP contribution in [0.1, 0.15) is 31.9 Å². The van der Waals surface area contributed by atoms with Gasteiger partial charge in [-0.25, -0.2) is 0 Å². The molecule has 112 valence electrons. The highest BCUT2D eigenvalue weighted by Gasteiger charge is 2.89. The lowest BCUT2D eigenvalue weighted by atomic mass is 9.57. The molecule has 3 aliphatic rings. The van der Waals surface area contributed by atoms with Gasteiger partial charge in [-0.05, 0) is 25.5 Å². The summed E-state index contributed by atoms with van der Waals surface area (Å²) in [5.41, 5.74) is -1.66. The highest BCUT2D eigenvalue weighted by molar-refractivity contribution is 6.18. The molecule has 1 aromatic heterocycles. The number of rotatable bonds is 1. The molecule has 4 rings (SSSR count). The Morgan fingerprint density at radius 3 is 2.68 bits per heavy atom. The minimum atomic E-state index is -0.857. The lowest BCUT2D eigenvalue weighted by Crippen LogP contribution is -2.96. The van der Waals surface area contributed by atoms with Crippen LogP contribution in [0.5, 0.6) is 0 Å². The molecule has 1 aromatic rings. The van der Waals surface area contributed by atoms with Gasteiger partial charge in [0.2, 0.25) is 0 Å². The van der Waals surface area contributed by atoms with E-state index in [1.54, 1.807) is 37.3 Å². The second-order valence-corrected chi connectivity index (χ2v) is 6.87. The normalized spacial score (nSPS) is 42.2. The molecule has 22 heavy (non-hydrogen) atoms. The molecule has 0 N–H and O–H groups in total. The van der Waals surface area contributed by atoms with E-state index in [-0.39, 0.29) is 11.8 Å². The van der Waals surface area contributed by atoms with Gasteiger partial charge < -0.3 is 9.80 Å². The molecule has 1 spiro atoms. The summed E-state index contributed by atoms with van der Waals surface area (Å²) < 4.78 is 0. The summed E-state index contributed by atoms with van der Waals surface area (Å²) in [5.74, 6) is -0.148. The third kappa shape index (κ3) is 0.998. The first-order chi connectivity index (χ1) is 10.3. The number of pyridine rings is 1. The van der Waals surface area contributed by atoms with E-state index < -0.39 is 22.5 Å². The predicted octanol–water partition coefficient (Wildman–Crippen LogP) is 0.868. The van der Waals surface area contributed by atoms with Crippen LogP contribution in [0.25, 0.3) is 0 Å². The van der Waals surface area contributed by atoms with Gasteiger partial charge in [-0.3, -0.25) is 14.6 Å². The van der Waals surface area contributed by atoms with Gasteiger partial charge in [-0.15, -0.1) is 0 Å². The van der Waals surface area contributed by atoms with Crippen LogP contribution in [0.15, 0.2) is 24.5 Å². The SMILES string of the molecule is CN1C(=O)[C@]23C[C@@](C)(C#N)[C@@H](c4cccnc4)N2C(=O)C13C. The molecule has 6 nitrogen and oxygen atoms in total. The minimum Gasteiger partial charge on any atom is -0.326 e. The van der Waals surface area contributed by atoms with E-state index in [0.29, 0.717) is 6.42 Å². The van der Waals surface area contributed by atoms with Crippen molar-refractivity contribution in [3.63, 3.8) is 0 Å². The van der Waals surface area contributed by atoms with Crippen LogP contribution in [0.4, 0.5) is 0 Å². The second-order valence-electron chi connectivity index (χ2n) is 6.87. The number of hydrogen-bond donors (Lipinski definition) is 0. The van der Waals surface area contributed by atoms with Crippen molar-refractivity contribution < 1.29 is 9.59 Å². The number of β-lactam (4-membered cyclic amide) rings is 2. The van der Waals surface area contributed by atoms with Gasteiger partial charge in [0, 0.05) is 25.9 Å². The van der Waals surface area contributed by atoms with Crippen LogP contribution < -0.4 is 0 Å². The summed E-state index contributed by atoms with van der Waals surface area (Å²) in [6.07, 6.45) is 3.71. The molecule has 0 aromatic carbocycles. The Balaban J connectivity index is 1.90. The number of hydrogen-bond acceptors (Lipinski definition) is 4. The molecular formula is C16H16N4O2. The molecule has 0 aliphatic carbocycles. The fourth-order valence-electron chi connectivity index (χ4n) is 4.67. The summed E-state index contributed by atoms with van der Waals surface area (Å²) in [6, 6.07) is 5.57. The monoisotopic (exact) mass is 296 g/mol. The molecule has 2 amide bonds. The van der Waals surface area contributed by atoms with Crippen molar-refractivity contribution in [1.29, 1.82) is 5.26 Å². The first-order valence-electron chi connectivity index (χ1n) is 7.28. The zero-order chi connectivity index (χ0) is 15.9. The molecule has 6 heteroatoms. The zero-order valence-electron chi connectivity index (χ0n) is 12.7. The second kappa shape index (κ2) is 3.49. The summed E-state index contributed by atoms with van der Waals surface area (Å²) in [4.78, 5) is 32.6. The predicted molar refractivity (Wildman–Crippen MR) is 76.1 cm³/mol. The van der Waals surface area contributed by atoms with Gasteiger partial charge in [-0.2, -0.15) is 5.26 Å². The topological polar surface area (TPSA) is 77.3 Å². The van der Waals surface area contributed by atoms with Crippen molar-refractivity contribution in [2.24, 2.45) is 5.41 Å². The van der Waals surface area contributed by atoms with E-state index in [1.807, 2.05) is 13.0 Å². The summed E-state index contributed by atoms with van der Waals surface area (Å²) in [7, 11) is 1.66. The van der Waals surface area contributed by atoms with Gasteiger partial charge in [0.1, 0.15) is 0 Å². The highest BCUT2D eigenvalue weighted by atomic mass is 16.2. The maximum Gasteiger partial charge on any atom is 0.252 e. The molecule has 0 radical (unpaired) electrons. The fraction of sp³-hybridized carbons (Fsp3) is 0.500. The van der Waals surface area contributed by atoms with Gasteiger partial charge in [0.05, 0.1) is 17.5 Å². The van der Waals surface area contributed by atoms with E-state index in [4.69, 9.17) is 0 Å². The molecule has 3 saturated heterocycles. The summed E-state index contributed by atoms with van der Waals surface area (Å²) >= 11 is 0. The number of aromatic nitrogens is 1. The van der Waals surface area contributed by atoms with Crippen LogP contribution in [-0.4, -0.2) is 44.7 Å². The first-order valence-corrected chi connectivity index (χ1v) is 7.28. The van der Waals surface area contributed by atoms with Crippen molar-refractivity contribution in [2.45, 2.75) is 37.4 Å². The molecule has 0 saturated carbocycles. The maximum atomic E-state index is 12.8. The molecule has 4 atom stereocenters. The van der Waals surface area contributed by atoms with Crippen molar-refractivity contribution >= 4 is 11.8 Å². The largest absolute Gasteiger partial charge is 0.326 e. The third-order valence-electron chi connectivity index (χ3n) is 5.92. The van der Waals surface area contributed by atoms with E-state index in [0.717, 1.165) is 5.56 Å². The number of amides is 2. The summed E-state index contributed by atoms with van der Waals surface area (Å²) in [6.45, 7) is 3.63.